The molecule has 0 aliphatic rings. The summed E-state index contributed by atoms with van der Waals surface area (Å²) < 4.78 is 4.97. The summed E-state index contributed by atoms with van der Waals surface area (Å²) in [6, 6.07) is 1.63. The van der Waals surface area contributed by atoms with E-state index in [1.165, 1.54) is 13.4 Å². The Morgan fingerprint density at radius 3 is 2.78 bits per heavy atom. The number of methoxy groups -OCH3 is 1. The second-order valence-corrected chi connectivity index (χ2v) is 4.49. The van der Waals surface area contributed by atoms with Crippen molar-refractivity contribution in [2.24, 2.45) is 11.8 Å². The maximum absolute atomic E-state index is 11.1. The Morgan fingerprint density at radius 1 is 1.50 bits per heavy atom. The Kier molecular flexibility index (Phi) is 5.35. The van der Waals surface area contributed by atoms with E-state index in [2.05, 4.69) is 15.3 Å². The molecule has 0 aliphatic heterocycles. The van der Waals surface area contributed by atoms with Crippen LogP contribution < -0.4 is 10.1 Å². The summed E-state index contributed by atoms with van der Waals surface area (Å²) in [6.07, 6.45) is 2.00. The van der Waals surface area contributed by atoms with Gasteiger partial charge in [0, 0.05) is 12.6 Å². The molecule has 6 heteroatoms. The van der Waals surface area contributed by atoms with Crippen LogP contribution in [0.15, 0.2) is 12.4 Å². The topological polar surface area (TPSA) is 84.3 Å². The number of aliphatic carboxylic acids is 1. The zero-order valence-corrected chi connectivity index (χ0v) is 10.9. The number of carbonyl (C=O) groups is 1. The molecule has 0 fully saturated rings. The smallest absolute Gasteiger partial charge is 0.308 e. The Balaban J connectivity index is 2.58. The van der Waals surface area contributed by atoms with Gasteiger partial charge in [0.2, 0.25) is 5.88 Å². The van der Waals surface area contributed by atoms with E-state index in [-0.39, 0.29) is 0 Å². The molecule has 6 nitrogen and oxygen atoms in total. The van der Waals surface area contributed by atoms with Gasteiger partial charge in [-0.1, -0.05) is 13.8 Å². The summed E-state index contributed by atoms with van der Waals surface area (Å²) >= 11 is 0. The number of aromatic nitrogens is 2. The van der Waals surface area contributed by atoms with E-state index < -0.39 is 11.9 Å². The van der Waals surface area contributed by atoms with Gasteiger partial charge in [0.25, 0.3) is 0 Å². The lowest BCUT2D eigenvalue weighted by atomic mass is 9.97. The molecule has 1 atom stereocenters. The SMILES string of the molecule is COc1cc(NCC(CC(C)C)C(=O)O)ncn1. The van der Waals surface area contributed by atoms with Crippen molar-refractivity contribution in [3.8, 4) is 5.88 Å². The van der Waals surface area contributed by atoms with Gasteiger partial charge in [0.1, 0.15) is 12.1 Å². The molecule has 0 saturated heterocycles. The van der Waals surface area contributed by atoms with Gasteiger partial charge in [-0.2, -0.15) is 0 Å². The Labute approximate surface area is 106 Å². The van der Waals surface area contributed by atoms with E-state index >= 15 is 0 Å². The van der Waals surface area contributed by atoms with Gasteiger partial charge in [-0.25, -0.2) is 9.97 Å². The lowest BCUT2D eigenvalue weighted by Crippen LogP contribution is -2.24. The van der Waals surface area contributed by atoms with E-state index in [9.17, 15) is 4.79 Å². The number of nitrogens with one attached hydrogen (secondary N) is 1. The molecule has 100 valence electrons. The van der Waals surface area contributed by atoms with Crippen LogP contribution >= 0.6 is 0 Å². The molecule has 1 heterocycles. The number of nitrogens with zero attached hydrogens (tertiary/aromatic N) is 2. The van der Waals surface area contributed by atoms with Crippen LogP contribution in [0.25, 0.3) is 0 Å². The van der Waals surface area contributed by atoms with Gasteiger partial charge in [-0.15, -0.1) is 0 Å². The molecule has 0 spiro atoms. The lowest BCUT2D eigenvalue weighted by molar-refractivity contribution is -0.141. The maximum Gasteiger partial charge on any atom is 0.308 e. The molecule has 0 saturated carbocycles. The number of hydrogen-bond acceptors (Lipinski definition) is 5. The van der Waals surface area contributed by atoms with Crippen LogP contribution in [-0.2, 0) is 4.79 Å². The van der Waals surface area contributed by atoms with Crippen LogP contribution in [0.3, 0.4) is 0 Å². The first kappa shape index (κ1) is 14.2. The van der Waals surface area contributed by atoms with Crippen molar-refractivity contribution in [3.05, 3.63) is 12.4 Å². The van der Waals surface area contributed by atoms with Crippen LogP contribution in [-0.4, -0.2) is 34.7 Å². The van der Waals surface area contributed by atoms with E-state index in [1.54, 1.807) is 6.07 Å². The monoisotopic (exact) mass is 253 g/mol. The zero-order valence-electron chi connectivity index (χ0n) is 10.9. The fraction of sp³-hybridized carbons (Fsp3) is 0.583. The third kappa shape index (κ3) is 4.57. The number of hydrogen-bond donors (Lipinski definition) is 2. The number of rotatable bonds is 7. The summed E-state index contributed by atoms with van der Waals surface area (Å²) in [5, 5.41) is 12.1. The largest absolute Gasteiger partial charge is 0.481 e. The van der Waals surface area contributed by atoms with Gasteiger partial charge in [-0.3, -0.25) is 4.79 Å². The number of ether oxygens (including phenoxy) is 1. The highest BCUT2D eigenvalue weighted by Crippen LogP contribution is 2.15. The van der Waals surface area contributed by atoms with E-state index in [0.717, 1.165) is 0 Å². The highest BCUT2D eigenvalue weighted by molar-refractivity contribution is 5.70. The first-order chi connectivity index (χ1) is 8.52. The van der Waals surface area contributed by atoms with E-state index in [4.69, 9.17) is 9.84 Å². The molecule has 1 rings (SSSR count). The van der Waals surface area contributed by atoms with Crippen molar-refractivity contribution < 1.29 is 14.6 Å². The Morgan fingerprint density at radius 2 is 2.22 bits per heavy atom. The van der Waals surface area contributed by atoms with Gasteiger partial charge >= 0.3 is 5.97 Å². The van der Waals surface area contributed by atoms with Gasteiger partial charge in [0.15, 0.2) is 0 Å². The average molecular weight is 253 g/mol. The van der Waals surface area contributed by atoms with Crippen LogP contribution in [0.5, 0.6) is 5.88 Å². The normalized spacial score (nSPS) is 12.2. The minimum Gasteiger partial charge on any atom is -0.481 e. The summed E-state index contributed by atoms with van der Waals surface area (Å²) in [5.74, 6) is 0.135. The predicted octanol–water partition coefficient (Wildman–Crippen LogP) is 1.64. The van der Waals surface area contributed by atoms with Crippen molar-refractivity contribution in [1.29, 1.82) is 0 Å². The Hall–Kier alpha value is -1.85. The van der Waals surface area contributed by atoms with Crippen molar-refractivity contribution in [1.82, 2.24) is 9.97 Å². The standard InChI is InChI=1S/C12H19N3O3/c1-8(2)4-9(12(16)17)6-13-10-5-11(18-3)15-7-14-10/h5,7-9H,4,6H2,1-3H3,(H,16,17)(H,13,14,15). The lowest BCUT2D eigenvalue weighted by Gasteiger charge is -2.15. The number of carboxylic acids is 1. The molecule has 1 aromatic rings. The van der Waals surface area contributed by atoms with Gasteiger partial charge in [-0.05, 0) is 12.3 Å². The highest BCUT2D eigenvalue weighted by Gasteiger charge is 2.18. The van der Waals surface area contributed by atoms with Crippen LogP contribution in [0.4, 0.5) is 5.82 Å². The molecular formula is C12H19N3O3. The third-order valence-corrected chi connectivity index (χ3v) is 2.49. The summed E-state index contributed by atoms with van der Waals surface area (Å²) in [6.45, 7) is 4.35. The quantitative estimate of drug-likeness (QED) is 0.768. The first-order valence-corrected chi connectivity index (χ1v) is 5.85. The van der Waals surface area contributed by atoms with Crippen molar-refractivity contribution in [3.63, 3.8) is 0 Å². The molecule has 0 radical (unpaired) electrons. The van der Waals surface area contributed by atoms with Crippen molar-refractivity contribution >= 4 is 11.8 Å². The fourth-order valence-corrected chi connectivity index (χ4v) is 1.62. The summed E-state index contributed by atoms with van der Waals surface area (Å²) in [4.78, 5) is 19.0. The first-order valence-electron chi connectivity index (χ1n) is 5.85. The minimum atomic E-state index is -0.794. The second kappa shape index (κ2) is 6.78. The van der Waals surface area contributed by atoms with Gasteiger partial charge in [0.05, 0.1) is 13.0 Å². The van der Waals surface area contributed by atoms with Gasteiger partial charge < -0.3 is 15.2 Å². The molecule has 0 bridgehead atoms. The molecule has 1 unspecified atom stereocenters. The van der Waals surface area contributed by atoms with Crippen molar-refractivity contribution in [2.45, 2.75) is 20.3 Å². The third-order valence-electron chi connectivity index (χ3n) is 2.49. The fourth-order valence-electron chi connectivity index (χ4n) is 1.62. The Bertz CT molecular complexity index is 396. The van der Waals surface area contributed by atoms with Crippen molar-refractivity contribution in [2.75, 3.05) is 19.0 Å². The minimum absolute atomic E-state index is 0.341. The molecule has 18 heavy (non-hydrogen) atoms. The summed E-state index contributed by atoms with van der Waals surface area (Å²) in [7, 11) is 1.52. The average Bonchev–Trinajstić information content (AvgIpc) is 2.34. The number of carboxylic acid groups (broad SMARTS) is 1. The molecule has 0 amide bonds. The second-order valence-electron chi connectivity index (χ2n) is 4.49. The molecule has 0 aromatic carbocycles. The van der Waals surface area contributed by atoms with Crippen LogP contribution in [0.1, 0.15) is 20.3 Å². The van der Waals surface area contributed by atoms with E-state index in [1.807, 2.05) is 13.8 Å². The maximum atomic E-state index is 11.1. The molecule has 0 aliphatic carbocycles. The summed E-state index contributed by atoms with van der Waals surface area (Å²) in [5.41, 5.74) is 0. The zero-order chi connectivity index (χ0) is 13.5. The van der Waals surface area contributed by atoms with Crippen LogP contribution in [0.2, 0.25) is 0 Å². The van der Waals surface area contributed by atoms with E-state index in [0.29, 0.717) is 30.6 Å². The highest BCUT2D eigenvalue weighted by atomic mass is 16.5. The number of anilines is 1. The molecular weight excluding hydrogens is 234 g/mol. The molecule has 2 N–H and O–H groups in total. The molecule has 1 aromatic heterocycles. The van der Waals surface area contributed by atoms with Crippen LogP contribution in [0, 0.1) is 11.8 Å². The predicted molar refractivity (Wildman–Crippen MR) is 67.7 cm³/mol.